The van der Waals surface area contributed by atoms with E-state index in [1.165, 1.54) is 24.3 Å². The van der Waals surface area contributed by atoms with Crippen LogP contribution in [0.1, 0.15) is 18.9 Å². The summed E-state index contributed by atoms with van der Waals surface area (Å²) in [5.41, 5.74) is -0.537. The topological polar surface area (TPSA) is 133 Å². The Labute approximate surface area is 150 Å². The lowest BCUT2D eigenvalue weighted by Gasteiger charge is -2.23. The van der Waals surface area contributed by atoms with E-state index < -0.39 is 38.8 Å². The highest BCUT2D eigenvalue weighted by Crippen LogP contribution is 2.22. The second-order valence-corrected chi connectivity index (χ2v) is 8.43. The molecule has 0 saturated carbocycles. The van der Waals surface area contributed by atoms with Crippen molar-refractivity contribution in [3.05, 3.63) is 46.0 Å². The number of esters is 1. The summed E-state index contributed by atoms with van der Waals surface area (Å²) in [7, 11) is -3.16. The van der Waals surface area contributed by atoms with Gasteiger partial charge < -0.3 is 10.1 Å². The fourth-order valence-corrected chi connectivity index (χ4v) is 4.67. The van der Waals surface area contributed by atoms with Crippen LogP contribution in [0.2, 0.25) is 0 Å². The van der Waals surface area contributed by atoms with E-state index in [-0.39, 0.29) is 17.2 Å². The normalized spacial score (nSPS) is 21.4. The van der Waals surface area contributed by atoms with Crippen molar-refractivity contribution in [2.24, 2.45) is 0 Å². The third kappa shape index (κ3) is 5.66. The van der Waals surface area contributed by atoms with E-state index in [9.17, 15) is 28.1 Å². The van der Waals surface area contributed by atoms with Gasteiger partial charge in [-0.05, 0) is 25.0 Å². The van der Waals surface area contributed by atoms with Gasteiger partial charge in [-0.15, -0.1) is 0 Å². The van der Waals surface area contributed by atoms with Gasteiger partial charge in [-0.2, -0.15) is 0 Å². The van der Waals surface area contributed by atoms with Crippen molar-refractivity contribution in [1.82, 2.24) is 5.32 Å². The number of hydrogen-bond donors (Lipinski definition) is 1. The minimum atomic E-state index is -3.16. The fourth-order valence-electron chi connectivity index (χ4n) is 2.57. The minimum Gasteiger partial charge on any atom is -0.452 e. The lowest BCUT2D eigenvalue weighted by molar-refractivity contribution is -0.384. The van der Waals surface area contributed by atoms with E-state index in [0.29, 0.717) is 12.0 Å². The molecule has 0 radical (unpaired) electrons. The highest BCUT2D eigenvalue weighted by Gasteiger charge is 2.39. The predicted octanol–water partition coefficient (Wildman–Crippen LogP) is 0.845. The Morgan fingerprint density at radius 1 is 1.42 bits per heavy atom. The zero-order chi connectivity index (χ0) is 19.4. The van der Waals surface area contributed by atoms with Gasteiger partial charge in [-0.25, -0.2) is 13.2 Å². The molecule has 1 atom stereocenters. The van der Waals surface area contributed by atoms with Crippen LogP contribution in [0.5, 0.6) is 0 Å². The van der Waals surface area contributed by atoms with Gasteiger partial charge in [-0.1, -0.05) is 12.1 Å². The van der Waals surface area contributed by atoms with Crippen molar-refractivity contribution >= 4 is 33.5 Å². The molecule has 1 aromatic carbocycles. The fraction of sp³-hybridized carbons (Fsp3) is 0.375. The SMILES string of the molecule is C[C@@]1(NC(=O)COC(=O)/C=C/c2cccc([N+](=O)[O-])c2)CCS(=O)(=O)C1. The number of rotatable bonds is 6. The molecule has 0 bridgehead atoms. The summed E-state index contributed by atoms with van der Waals surface area (Å²) in [6, 6.07) is 5.67. The summed E-state index contributed by atoms with van der Waals surface area (Å²) in [6.45, 7) is 1.08. The molecule has 1 N–H and O–H groups in total. The number of carbonyl (C=O) groups excluding carboxylic acids is 2. The first-order valence-corrected chi connectivity index (χ1v) is 9.51. The van der Waals surface area contributed by atoms with Crippen LogP contribution in [0.25, 0.3) is 6.08 Å². The van der Waals surface area contributed by atoms with E-state index in [1.807, 2.05) is 0 Å². The number of carbonyl (C=O) groups is 2. The van der Waals surface area contributed by atoms with Crippen LogP contribution in [0, 0.1) is 10.1 Å². The standard InChI is InChI=1S/C16H18N2O7S/c1-16(7-8-26(23,24)11-16)17-14(19)10-25-15(20)6-5-12-3-2-4-13(9-12)18(21)22/h2-6,9H,7-8,10-11H2,1H3,(H,17,19)/b6-5+/t16-/m1/s1. The van der Waals surface area contributed by atoms with Crippen LogP contribution < -0.4 is 5.32 Å². The average molecular weight is 382 g/mol. The van der Waals surface area contributed by atoms with Crippen LogP contribution in [0.4, 0.5) is 5.69 Å². The number of nitrogens with one attached hydrogen (secondary N) is 1. The monoisotopic (exact) mass is 382 g/mol. The number of non-ortho nitro benzene ring substituents is 1. The third-order valence-corrected chi connectivity index (χ3v) is 5.69. The van der Waals surface area contributed by atoms with Crippen molar-refractivity contribution in [3.8, 4) is 0 Å². The molecule has 1 fully saturated rings. The first-order valence-electron chi connectivity index (χ1n) is 7.69. The van der Waals surface area contributed by atoms with Gasteiger partial charge in [0, 0.05) is 18.2 Å². The molecule has 0 unspecified atom stereocenters. The molecule has 1 saturated heterocycles. The Morgan fingerprint density at radius 2 is 2.15 bits per heavy atom. The van der Waals surface area contributed by atoms with Gasteiger partial charge in [0.2, 0.25) is 0 Å². The maximum atomic E-state index is 11.8. The minimum absolute atomic E-state index is 0.00944. The summed E-state index contributed by atoms with van der Waals surface area (Å²) in [4.78, 5) is 33.6. The summed E-state index contributed by atoms with van der Waals surface area (Å²) >= 11 is 0. The van der Waals surface area contributed by atoms with Crippen molar-refractivity contribution in [2.45, 2.75) is 18.9 Å². The molecule has 140 valence electrons. The number of hydrogen-bond acceptors (Lipinski definition) is 7. The van der Waals surface area contributed by atoms with E-state index in [2.05, 4.69) is 5.32 Å². The van der Waals surface area contributed by atoms with Crippen LogP contribution >= 0.6 is 0 Å². The molecule has 0 aromatic heterocycles. The maximum absolute atomic E-state index is 11.8. The molecule has 26 heavy (non-hydrogen) atoms. The molecule has 10 heteroatoms. The number of nitrogens with zero attached hydrogens (tertiary/aromatic N) is 1. The Balaban J connectivity index is 1.84. The van der Waals surface area contributed by atoms with E-state index in [1.54, 1.807) is 13.0 Å². The van der Waals surface area contributed by atoms with E-state index >= 15 is 0 Å². The maximum Gasteiger partial charge on any atom is 0.331 e. The molecule has 0 aliphatic carbocycles. The molecule has 1 amide bonds. The van der Waals surface area contributed by atoms with Gasteiger partial charge >= 0.3 is 5.97 Å². The quantitative estimate of drug-likeness (QED) is 0.334. The van der Waals surface area contributed by atoms with Gasteiger partial charge in [0.25, 0.3) is 11.6 Å². The molecule has 1 aliphatic rings. The first kappa shape index (κ1) is 19.6. The van der Waals surface area contributed by atoms with Crippen molar-refractivity contribution in [1.29, 1.82) is 0 Å². The number of nitro groups is 1. The summed E-state index contributed by atoms with van der Waals surface area (Å²) < 4.78 is 27.8. The Morgan fingerprint density at radius 3 is 2.77 bits per heavy atom. The van der Waals surface area contributed by atoms with Gasteiger partial charge in [0.15, 0.2) is 16.4 Å². The second kappa shape index (κ2) is 7.65. The predicted molar refractivity (Wildman–Crippen MR) is 92.9 cm³/mol. The Bertz CT molecular complexity index is 863. The van der Waals surface area contributed by atoms with Gasteiger partial charge in [-0.3, -0.25) is 14.9 Å². The largest absolute Gasteiger partial charge is 0.452 e. The number of amides is 1. The van der Waals surface area contributed by atoms with Gasteiger partial charge in [0.1, 0.15) is 0 Å². The van der Waals surface area contributed by atoms with E-state index in [4.69, 9.17) is 4.74 Å². The summed E-state index contributed by atoms with van der Waals surface area (Å²) in [5, 5.41) is 13.3. The molecular weight excluding hydrogens is 364 g/mol. The molecule has 2 rings (SSSR count). The molecule has 1 aliphatic heterocycles. The lowest BCUT2D eigenvalue weighted by atomic mass is 10.0. The Hall–Kier alpha value is -2.75. The zero-order valence-corrected chi connectivity index (χ0v) is 14.8. The highest BCUT2D eigenvalue weighted by atomic mass is 32.2. The van der Waals surface area contributed by atoms with Gasteiger partial charge in [0.05, 0.1) is 22.0 Å². The highest BCUT2D eigenvalue weighted by molar-refractivity contribution is 7.91. The van der Waals surface area contributed by atoms with Crippen molar-refractivity contribution in [3.63, 3.8) is 0 Å². The molecular formula is C16H18N2O7S. The zero-order valence-electron chi connectivity index (χ0n) is 14.0. The number of benzene rings is 1. The molecule has 1 heterocycles. The average Bonchev–Trinajstić information content (AvgIpc) is 2.84. The van der Waals surface area contributed by atoms with Crippen LogP contribution in [0.15, 0.2) is 30.3 Å². The number of ether oxygens (including phenoxy) is 1. The number of nitro benzene ring substituents is 1. The van der Waals surface area contributed by atoms with E-state index in [0.717, 1.165) is 6.08 Å². The Kier molecular flexibility index (Phi) is 5.76. The van der Waals surface area contributed by atoms with Crippen molar-refractivity contribution < 1.29 is 27.7 Å². The first-order chi connectivity index (χ1) is 12.1. The summed E-state index contributed by atoms with van der Waals surface area (Å²) in [5.74, 6) is -1.53. The lowest BCUT2D eigenvalue weighted by Crippen LogP contribution is -2.48. The second-order valence-electron chi connectivity index (χ2n) is 6.24. The van der Waals surface area contributed by atoms with Crippen LogP contribution in [0.3, 0.4) is 0 Å². The summed E-state index contributed by atoms with van der Waals surface area (Å²) in [6.07, 6.45) is 2.69. The smallest absolute Gasteiger partial charge is 0.331 e. The van der Waals surface area contributed by atoms with Crippen molar-refractivity contribution in [2.75, 3.05) is 18.1 Å². The molecule has 0 spiro atoms. The molecule has 9 nitrogen and oxygen atoms in total. The van der Waals surface area contributed by atoms with Crippen LogP contribution in [-0.2, 0) is 24.2 Å². The number of sulfone groups is 1. The molecule has 1 aromatic rings. The third-order valence-electron chi connectivity index (χ3n) is 3.78. The van der Waals surface area contributed by atoms with Crippen LogP contribution in [-0.4, -0.2) is 48.9 Å².